The van der Waals surface area contributed by atoms with Gasteiger partial charge in [-0.1, -0.05) is 184 Å². The van der Waals surface area contributed by atoms with E-state index < -0.39 is 5.41 Å². The molecule has 7 aromatic rings. The number of rotatable bonds is 7. The lowest BCUT2D eigenvalue weighted by atomic mass is 9.69. The Morgan fingerprint density at radius 3 is 1.66 bits per heavy atom. The van der Waals surface area contributed by atoms with Crippen LogP contribution in [0.2, 0.25) is 0 Å². The SMILES string of the molecule is C=C/C=C1\C(=C/C)C2(/C(=C/C=C)C(=C)c3ccccc32)c2cc(-c3cc(-c4cccc(-c5ccccc5)c4)nc(-c4cccc(-c5ccccc5)c4)n3)ccc21. The first-order valence-corrected chi connectivity index (χ1v) is 19.0. The quantitative estimate of drug-likeness (QED) is 0.164. The van der Waals surface area contributed by atoms with Gasteiger partial charge >= 0.3 is 0 Å². The van der Waals surface area contributed by atoms with Gasteiger partial charge in [0.2, 0.25) is 0 Å². The predicted octanol–water partition coefficient (Wildman–Crippen LogP) is 13.8. The van der Waals surface area contributed by atoms with Gasteiger partial charge in [-0.2, -0.15) is 0 Å². The first-order valence-electron chi connectivity index (χ1n) is 19.0. The molecular weight excluding hydrogens is 677 g/mol. The van der Waals surface area contributed by atoms with Crippen LogP contribution in [0.3, 0.4) is 0 Å². The summed E-state index contributed by atoms with van der Waals surface area (Å²) in [6, 6.07) is 55.7. The van der Waals surface area contributed by atoms with Crippen molar-refractivity contribution in [3.05, 3.63) is 241 Å². The number of nitrogens with zero attached hydrogens (tertiary/aromatic N) is 2. The fourth-order valence-electron chi connectivity index (χ4n) is 8.75. The molecule has 266 valence electrons. The van der Waals surface area contributed by atoms with Crippen LogP contribution < -0.4 is 0 Å². The van der Waals surface area contributed by atoms with Crippen molar-refractivity contribution in [1.82, 2.24) is 9.97 Å². The van der Waals surface area contributed by atoms with Gasteiger partial charge in [-0.25, -0.2) is 9.97 Å². The Labute approximate surface area is 329 Å². The minimum absolute atomic E-state index is 0.580. The molecule has 0 saturated carbocycles. The number of allylic oxidation sites excluding steroid dienone is 9. The topological polar surface area (TPSA) is 25.8 Å². The highest BCUT2D eigenvalue weighted by molar-refractivity contribution is 6.04. The molecule has 1 unspecified atom stereocenters. The molecule has 2 aliphatic rings. The number of benzene rings is 6. The molecule has 2 nitrogen and oxygen atoms in total. The molecule has 6 aromatic carbocycles. The second-order valence-electron chi connectivity index (χ2n) is 14.2. The average Bonchev–Trinajstić information content (AvgIpc) is 3.68. The Morgan fingerprint density at radius 2 is 1.02 bits per heavy atom. The van der Waals surface area contributed by atoms with Crippen LogP contribution in [-0.4, -0.2) is 9.97 Å². The summed E-state index contributed by atoms with van der Waals surface area (Å²) in [5.74, 6) is 0.670. The van der Waals surface area contributed by atoms with Crippen LogP contribution >= 0.6 is 0 Å². The fraction of sp³-hybridized carbons (Fsp3) is 0.0370. The van der Waals surface area contributed by atoms with Crippen molar-refractivity contribution < 1.29 is 0 Å². The van der Waals surface area contributed by atoms with Crippen molar-refractivity contribution in [2.24, 2.45) is 0 Å². The zero-order valence-electron chi connectivity index (χ0n) is 31.4. The molecule has 1 atom stereocenters. The number of aromatic nitrogens is 2. The van der Waals surface area contributed by atoms with Crippen LogP contribution in [0.4, 0.5) is 0 Å². The van der Waals surface area contributed by atoms with Gasteiger partial charge in [-0.15, -0.1) is 0 Å². The van der Waals surface area contributed by atoms with Gasteiger partial charge in [-0.3, -0.25) is 0 Å². The van der Waals surface area contributed by atoms with Gasteiger partial charge in [0.05, 0.1) is 16.8 Å². The Balaban J connectivity index is 1.29. The minimum Gasteiger partial charge on any atom is -0.228 e. The zero-order chi connectivity index (χ0) is 38.2. The summed E-state index contributed by atoms with van der Waals surface area (Å²) >= 11 is 0. The second kappa shape index (κ2) is 14.2. The van der Waals surface area contributed by atoms with Crippen molar-refractivity contribution >= 4 is 11.1 Å². The molecule has 0 N–H and O–H groups in total. The van der Waals surface area contributed by atoms with Crippen LogP contribution in [0, 0.1) is 0 Å². The van der Waals surface area contributed by atoms with Crippen LogP contribution in [0.15, 0.2) is 219 Å². The van der Waals surface area contributed by atoms with E-state index in [1.165, 1.54) is 22.3 Å². The smallest absolute Gasteiger partial charge is 0.160 e. The largest absolute Gasteiger partial charge is 0.228 e. The molecule has 9 rings (SSSR count). The van der Waals surface area contributed by atoms with E-state index >= 15 is 0 Å². The van der Waals surface area contributed by atoms with Crippen molar-refractivity contribution in [2.75, 3.05) is 0 Å². The van der Waals surface area contributed by atoms with Crippen LogP contribution in [0.25, 0.3) is 67.3 Å². The summed E-state index contributed by atoms with van der Waals surface area (Å²) in [6.45, 7) is 15.0. The van der Waals surface area contributed by atoms with Crippen molar-refractivity contribution in [1.29, 1.82) is 0 Å². The van der Waals surface area contributed by atoms with Gasteiger partial charge in [0.25, 0.3) is 0 Å². The average molecular weight is 717 g/mol. The molecule has 2 aliphatic carbocycles. The molecular formula is C54H40N2. The van der Waals surface area contributed by atoms with Gasteiger partial charge in [0.1, 0.15) is 0 Å². The van der Waals surface area contributed by atoms with E-state index in [0.717, 1.165) is 72.6 Å². The number of hydrogen-bond donors (Lipinski definition) is 0. The standard InChI is InChI=1S/C54H40N2/c1-5-18-45-46-31-30-42(34-50(46)54(47(45)7-3)48(19-6-2)36(4)44-28-14-15-29-49(44)54)52-35-51(41-26-16-24-39(32-41)37-20-10-8-11-21-37)55-53(56-52)43-27-17-25-40(33-43)38-22-12-9-13-23-38/h5-35H,1-2,4H2,3H3/b45-18-,47-7+,48-19+. The third kappa shape index (κ3) is 5.58. The van der Waals surface area contributed by atoms with Crippen molar-refractivity contribution in [3.63, 3.8) is 0 Å². The fourth-order valence-corrected chi connectivity index (χ4v) is 8.75. The summed E-state index contributed by atoms with van der Waals surface area (Å²) in [6.07, 6.45) is 10.3. The lowest BCUT2D eigenvalue weighted by Crippen LogP contribution is -2.26. The minimum atomic E-state index is -0.580. The van der Waals surface area contributed by atoms with E-state index in [1.807, 2.05) is 24.3 Å². The van der Waals surface area contributed by atoms with Gasteiger partial charge in [0.15, 0.2) is 5.82 Å². The Morgan fingerprint density at radius 1 is 0.464 bits per heavy atom. The van der Waals surface area contributed by atoms with Gasteiger partial charge in [0, 0.05) is 16.7 Å². The summed E-state index contributed by atoms with van der Waals surface area (Å²) in [5, 5.41) is 0. The highest BCUT2D eigenvalue weighted by Crippen LogP contribution is 2.64. The molecule has 0 aliphatic heterocycles. The number of hydrogen-bond acceptors (Lipinski definition) is 2. The van der Waals surface area contributed by atoms with E-state index in [1.54, 1.807) is 0 Å². The first-order chi connectivity index (χ1) is 27.5. The molecule has 56 heavy (non-hydrogen) atoms. The second-order valence-corrected chi connectivity index (χ2v) is 14.2. The van der Waals surface area contributed by atoms with E-state index in [9.17, 15) is 0 Å². The van der Waals surface area contributed by atoms with Crippen LogP contribution in [0.1, 0.15) is 29.2 Å². The molecule has 0 amide bonds. The van der Waals surface area contributed by atoms with E-state index in [0.29, 0.717) is 5.82 Å². The maximum Gasteiger partial charge on any atom is 0.160 e. The van der Waals surface area contributed by atoms with Gasteiger partial charge in [-0.05, 0) is 98.0 Å². The zero-order valence-corrected chi connectivity index (χ0v) is 31.4. The molecule has 1 spiro atoms. The maximum absolute atomic E-state index is 5.36. The molecule has 1 aromatic heterocycles. The third-order valence-electron chi connectivity index (χ3n) is 11.2. The van der Waals surface area contributed by atoms with E-state index in [-0.39, 0.29) is 0 Å². The summed E-state index contributed by atoms with van der Waals surface area (Å²) in [7, 11) is 0. The number of fused-ring (bicyclic) bond motifs is 4. The predicted molar refractivity (Wildman–Crippen MR) is 236 cm³/mol. The lowest BCUT2D eigenvalue weighted by molar-refractivity contribution is 0.794. The van der Waals surface area contributed by atoms with E-state index in [2.05, 4.69) is 190 Å². The molecule has 0 fully saturated rings. The van der Waals surface area contributed by atoms with Crippen molar-refractivity contribution in [3.8, 4) is 56.2 Å². The Kier molecular flexibility index (Phi) is 8.80. The molecule has 1 heterocycles. The Hall–Kier alpha value is -7.16. The highest BCUT2D eigenvalue weighted by atomic mass is 14.9. The first kappa shape index (κ1) is 34.6. The summed E-state index contributed by atoms with van der Waals surface area (Å²) in [5.41, 5.74) is 17.9. The third-order valence-corrected chi connectivity index (χ3v) is 11.2. The monoisotopic (exact) mass is 716 g/mol. The lowest BCUT2D eigenvalue weighted by Gasteiger charge is -2.31. The van der Waals surface area contributed by atoms with Crippen LogP contribution in [-0.2, 0) is 5.41 Å². The van der Waals surface area contributed by atoms with Gasteiger partial charge < -0.3 is 0 Å². The summed E-state index contributed by atoms with van der Waals surface area (Å²) < 4.78 is 0. The molecule has 0 bridgehead atoms. The maximum atomic E-state index is 5.36. The highest BCUT2D eigenvalue weighted by Gasteiger charge is 2.54. The summed E-state index contributed by atoms with van der Waals surface area (Å²) in [4.78, 5) is 10.6. The normalized spacial score (nSPS) is 17.7. The Bertz CT molecular complexity index is 2700. The molecule has 2 heteroatoms. The molecule has 0 radical (unpaired) electrons. The van der Waals surface area contributed by atoms with Crippen LogP contribution in [0.5, 0.6) is 0 Å². The molecule has 0 saturated heterocycles. The van der Waals surface area contributed by atoms with Crippen molar-refractivity contribution in [2.45, 2.75) is 12.3 Å². The van der Waals surface area contributed by atoms with E-state index in [4.69, 9.17) is 9.97 Å².